The van der Waals surface area contributed by atoms with E-state index in [1.54, 1.807) is 16.0 Å². The van der Waals surface area contributed by atoms with Crippen molar-refractivity contribution in [1.29, 1.82) is 0 Å². The minimum absolute atomic E-state index is 0.714. The average Bonchev–Trinajstić information content (AvgIpc) is 2.40. The van der Waals surface area contributed by atoms with Gasteiger partial charge in [-0.25, -0.2) is 0 Å². The first-order valence-corrected chi connectivity index (χ1v) is 14.3. The van der Waals surface area contributed by atoms with E-state index in [1.165, 1.54) is 25.7 Å². The van der Waals surface area contributed by atoms with Crippen molar-refractivity contribution in [3.05, 3.63) is 13.2 Å². The Balaban J connectivity index is -0.0000000909. The average molecular weight is 366 g/mol. The van der Waals surface area contributed by atoms with Crippen LogP contribution in [0.2, 0.25) is 13.8 Å². The van der Waals surface area contributed by atoms with Crippen LogP contribution in [0, 0.1) is 0 Å². The molecule has 0 saturated carbocycles. The Morgan fingerprint density at radius 2 is 1.28 bits per heavy atom. The molecule has 2 heteroatoms. The van der Waals surface area contributed by atoms with Crippen molar-refractivity contribution < 1.29 is 4.74 Å². The van der Waals surface area contributed by atoms with E-state index in [1.807, 2.05) is 6.92 Å². The van der Waals surface area contributed by atoms with Crippen molar-refractivity contribution >= 4 is 19.8 Å². The zero-order chi connectivity index (χ0) is 15.2. The minimum Gasteiger partial charge on any atom is -0.385 e. The number of methoxy groups -OCH3 is 1. The number of ether oxygens (including phenoxy) is 1. The Morgan fingerprint density at radius 3 is 1.50 bits per heavy atom. The molecule has 113 valence electrons. The van der Waals surface area contributed by atoms with Crippen molar-refractivity contribution in [1.82, 2.24) is 0 Å². The largest absolute Gasteiger partial charge is 0.385 e. The molecule has 1 nitrogen and oxygen atoms in total. The van der Waals surface area contributed by atoms with Crippen LogP contribution in [-0.2, 0) is 4.74 Å². The zero-order valence-electron chi connectivity index (χ0n) is 14.3. The summed E-state index contributed by atoms with van der Waals surface area (Å²) in [5.74, 6) is 0. The summed E-state index contributed by atoms with van der Waals surface area (Å²) in [5, 5.41) is 0. The number of hydrogen-bond acceptors (Lipinski definition) is 1. The molecule has 0 aliphatic carbocycles. The summed E-state index contributed by atoms with van der Waals surface area (Å²) in [6.45, 7) is 17.6. The molecule has 0 spiro atoms. The molecular weight excluding hydrogens is 327 g/mol. The van der Waals surface area contributed by atoms with E-state index in [4.69, 9.17) is 0 Å². The molecule has 0 saturated heterocycles. The Morgan fingerprint density at radius 1 is 0.889 bits per heavy atom. The smallest absolute Gasteiger partial charge is 0.0433 e. The third-order valence-electron chi connectivity index (χ3n) is 1.92. The van der Waals surface area contributed by atoms with Gasteiger partial charge in [0.05, 0.1) is 0 Å². The van der Waals surface area contributed by atoms with Gasteiger partial charge in [-0.2, -0.15) is 0 Å². The molecule has 0 N–H and O–H groups in total. The maximum atomic E-state index is 4.54. The molecule has 0 aliphatic heterocycles. The monoisotopic (exact) mass is 367 g/mol. The first-order valence-electron chi connectivity index (χ1n) is 7.44. The van der Waals surface area contributed by atoms with Crippen LogP contribution in [0.4, 0.5) is 0 Å². The topological polar surface area (TPSA) is 9.23 Å². The summed E-state index contributed by atoms with van der Waals surface area (Å²) in [6, 6.07) is 0. The van der Waals surface area contributed by atoms with E-state index in [2.05, 4.69) is 50.5 Å². The van der Waals surface area contributed by atoms with Gasteiger partial charge in [-0.3, -0.25) is 0 Å². The zero-order valence-corrected chi connectivity index (χ0v) is 17.1. The molecule has 0 aliphatic rings. The van der Waals surface area contributed by atoms with Crippen LogP contribution in [0.25, 0.3) is 0 Å². The van der Waals surface area contributed by atoms with E-state index in [9.17, 15) is 0 Å². The van der Waals surface area contributed by atoms with Crippen molar-refractivity contribution in [2.24, 2.45) is 0 Å². The van der Waals surface area contributed by atoms with Crippen LogP contribution in [0.5, 0.6) is 0 Å². The third kappa shape index (κ3) is 54.9. The van der Waals surface area contributed by atoms with Crippen LogP contribution in [0.3, 0.4) is 0 Å². The van der Waals surface area contributed by atoms with Gasteiger partial charge >= 0.3 is 66.7 Å². The molecule has 0 unspecified atom stereocenters. The standard InChI is InChI=1S/C4H9.C3H8O.C3H8.C3H7.C2H4.CH3.Sn/c2*1-3-4-2;2*1-3-2;1-2;;/h1,3-4H2,2H3;3H2,1-2H3;3H2,1-2H3;1,3H2,2H3;1-2H2;1H3;. The van der Waals surface area contributed by atoms with Gasteiger partial charge < -0.3 is 4.74 Å². The second kappa shape index (κ2) is 36.0. The number of rotatable bonds is 6. The Bertz CT molecular complexity index is 95.1. The van der Waals surface area contributed by atoms with Gasteiger partial charge in [-0.15, -0.1) is 13.2 Å². The van der Waals surface area contributed by atoms with Gasteiger partial charge in [0.25, 0.3) is 0 Å². The van der Waals surface area contributed by atoms with E-state index < -0.39 is 19.8 Å². The molecule has 0 bridgehead atoms. The number of unbranched alkanes of at least 4 members (excludes halogenated alkanes) is 1. The second-order valence-corrected chi connectivity index (χ2v) is 12.4. The second-order valence-electron chi connectivity index (χ2n) is 4.10. The quantitative estimate of drug-likeness (QED) is 0.402. The van der Waals surface area contributed by atoms with Crippen LogP contribution in [-0.4, -0.2) is 33.5 Å². The van der Waals surface area contributed by atoms with E-state index in [-0.39, 0.29) is 0 Å². The van der Waals surface area contributed by atoms with Gasteiger partial charge in [-0.05, 0) is 6.92 Å². The molecular formula is C16H39OSn. The normalized spacial score (nSPS) is 8.22. The van der Waals surface area contributed by atoms with Gasteiger partial charge in [0.15, 0.2) is 0 Å². The fourth-order valence-corrected chi connectivity index (χ4v) is 6.91. The molecule has 0 atom stereocenters. The molecule has 1 radical (unpaired) electrons. The van der Waals surface area contributed by atoms with Crippen molar-refractivity contribution in [3.8, 4) is 0 Å². The summed E-state index contributed by atoms with van der Waals surface area (Å²) in [4.78, 5) is 2.56. The summed E-state index contributed by atoms with van der Waals surface area (Å²) in [5.41, 5.74) is 0. The van der Waals surface area contributed by atoms with Gasteiger partial charge in [-0.1, -0.05) is 20.3 Å². The summed E-state index contributed by atoms with van der Waals surface area (Å²) < 4.78 is 7.79. The summed E-state index contributed by atoms with van der Waals surface area (Å²) in [6.07, 6.45) is 5.60. The predicted octanol–water partition coefficient (Wildman–Crippen LogP) is 6.19. The Labute approximate surface area is 125 Å². The van der Waals surface area contributed by atoms with Crippen molar-refractivity contribution in [2.75, 3.05) is 13.7 Å². The molecule has 0 amide bonds. The van der Waals surface area contributed by atoms with Crippen molar-refractivity contribution in [2.45, 2.75) is 74.1 Å². The summed E-state index contributed by atoms with van der Waals surface area (Å²) in [7, 11) is 1.68. The Hall–Kier alpha value is 0.499. The van der Waals surface area contributed by atoms with Crippen LogP contribution in [0.15, 0.2) is 13.2 Å². The third-order valence-corrected chi connectivity index (χ3v) is 9.23. The SMILES string of the molecule is C=C.CCC.CCC[CH2][Sn]([CH3])[CH2]CC.CCOC. The minimum atomic E-state index is -0.714. The molecule has 0 aromatic rings. The summed E-state index contributed by atoms with van der Waals surface area (Å²) >= 11 is -0.714. The first-order chi connectivity index (χ1) is 8.64. The molecule has 0 fully saturated rings. The molecule has 0 aromatic carbocycles. The van der Waals surface area contributed by atoms with E-state index in [0.29, 0.717) is 0 Å². The molecule has 18 heavy (non-hydrogen) atoms. The fourth-order valence-electron chi connectivity index (χ4n) is 1.03. The van der Waals surface area contributed by atoms with Crippen LogP contribution in [0.1, 0.15) is 60.3 Å². The first kappa shape index (κ1) is 26.9. The molecule has 0 rings (SSSR count). The maximum absolute atomic E-state index is 4.54. The van der Waals surface area contributed by atoms with Crippen LogP contribution >= 0.6 is 0 Å². The predicted molar refractivity (Wildman–Crippen MR) is 91.2 cm³/mol. The van der Waals surface area contributed by atoms with Crippen LogP contribution < -0.4 is 0 Å². The van der Waals surface area contributed by atoms with Crippen molar-refractivity contribution in [3.63, 3.8) is 0 Å². The van der Waals surface area contributed by atoms with Gasteiger partial charge in [0, 0.05) is 13.7 Å². The van der Waals surface area contributed by atoms with Gasteiger partial charge in [0.2, 0.25) is 0 Å². The molecule has 0 aromatic heterocycles. The maximum Gasteiger partial charge on any atom is 0.0433 e. The molecule has 0 heterocycles. The van der Waals surface area contributed by atoms with E-state index >= 15 is 0 Å². The Kier molecular flexibility index (Phi) is 53.9. The van der Waals surface area contributed by atoms with Gasteiger partial charge in [0.1, 0.15) is 0 Å². The number of hydrogen-bond donors (Lipinski definition) is 0. The fraction of sp³-hybridized carbons (Fsp3) is 0.875. The van der Waals surface area contributed by atoms with E-state index in [0.717, 1.165) is 6.61 Å².